The molecule has 0 aliphatic heterocycles. The van der Waals surface area contributed by atoms with E-state index in [0.717, 1.165) is 5.39 Å². The molecule has 0 bridgehead atoms. The van der Waals surface area contributed by atoms with E-state index in [4.69, 9.17) is 9.15 Å². The lowest BCUT2D eigenvalue weighted by molar-refractivity contribution is -0.385. The fraction of sp³-hybridized carbons (Fsp3) is 0.125. The molecule has 7 nitrogen and oxygen atoms in total. The number of hydrogen-bond donors (Lipinski definition) is 0. The van der Waals surface area contributed by atoms with E-state index >= 15 is 0 Å². The summed E-state index contributed by atoms with van der Waals surface area (Å²) in [5.41, 5.74) is 1.01. The molecule has 2 aromatic heterocycles. The molecular weight excluding hydrogens is 300 g/mol. The second-order valence-electron chi connectivity index (χ2n) is 4.87. The molecule has 0 fully saturated rings. The number of benzene rings is 1. The van der Waals surface area contributed by atoms with Gasteiger partial charge in [-0.2, -0.15) is 0 Å². The van der Waals surface area contributed by atoms with Crippen LogP contribution >= 0.6 is 0 Å². The number of furan rings is 1. The van der Waals surface area contributed by atoms with Crippen LogP contribution in [0.1, 0.15) is 12.5 Å². The number of rotatable bonds is 4. The number of pyridine rings is 1. The molecule has 0 N–H and O–H groups in total. The molecule has 3 rings (SSSR count). The normalized spacial score (nSPS) is 10.7. The summed E-state index contributed by atoms with van der Waals surface area (Å²) < 4.78 is 10.1. The summed E-state index contributed by atoms with van der Waals surface area (Å²) in [5, 5.41) is 12.3. The van der Waals surface area contributed by atoms with Gasteiger partial charge in [-0.1, -0.05) is 24.3 Å². The lowest BCUT2D eigenvalue weighted by Gasteiger charge is -2.01. The van der Waals surface area contributed by atoms with Crippen LogP contribution in [0.25, 0.3) is 22.4 Å². The highest BCUT2D eigenvalue weighted by Gasteiger charge is 2.27. The molecule has 2 heterocycles. The molecule has 0 spiro atoms. The summed E-state index contributed by atoms with van der Waals surface area (Å²) in [6.07, 6.45) is 1.22. The van der Waals surface area contributed by atoms with Crippen molar-refractivity contribution in [2.24, 2.45) is 0 Å². The Balaban J connectivity index is 2.07. The van der Waals surface area contributed by atoms with Crippen molar-refractivity contribution >= 4 is 22.6 Å². The van der Waals surface area contributed by atoms with Gasteiger partial charge in [0, 0.05) is 12.3 Å². The third-order valence-corrected chi connectivity index (χ3v) is 3.28. The maximum absolute atomic E-state index is 11.4. The minimum absolute atomic E-state index is 0.0444. The maximum Gasteiger partial charge on any atom is 0.323 e. The average molecular weight is 312 g/mol. The van der Waals surface area contributed by atoms with Crippen molar-refractivity contribution in [3.8, 4) is 11.5 Å². The summed E-state index contributed by atoms with van der Waals surface area (Å²) in [5.74, 6) is -0.478. The molecule has 0 atom stereocenters. The SMILES string of the molecule is CC(=O)OCc1coc(-c2ccc3ccccc3n2)c1[N+](=O)[O-]. The Morgan fingerprint density at radius 2 is 2.09 bits per heavy atom. The van der Waals surface area contributed by atoms with Gasteiger partial charge in [0.15, 0.2) is 0 Å². The number of nitro groups is 1. The van der Waals surface area contributed by atoms with E-state index in [9.17, 15) is 14.9 Å². The Hall–Kier alpha value is -3.22. The molecule has 0 unspecified atom stereocenters. The molecule has 0 radical (unpaired) electrons. The number of carbonyl (C=O) groups is 1. The number of esters is 1. The number of fused-ring (bicyclic) bond motifs is 1. The van der Waals surface area contributed by atoms with Crippen molar-refractivity contribution in [3.63, 3.8) is 0 Å². The lowest BCUT2D eigenvalue weighted by Crippen LogP contribution is -2.01. The second kappa shape index (κ2) is 5.88. The van der Waals surface area contributed by atoms with Gasteiger partial charge in [0.05, 0.1) is 10.4 Å². The van der Waals surface area contributed by atoms with Crippen LogP contribution in [0.15, 0.2) is 47.1 Å². The lowest BCUT2D eigenvalue weighted by atomic mass is 10.1. The quantitative estimate of drug-likeness (QED) is 0.416. The van der Waals surface area contributed by atoms with Gasteiger partial charge in [0.2, 0.25) is 5.76 Å². The van der Waals surface area contributed by atoms with Gasteiger partial charge in [-0.15, -0.1) is 0 Å². The first-order chi connectivity index (χ1) is 11.1. The third-order valence-electron chi connectivity index (χ3n) is 3.28. The number of para-hydroxylation sites is 1. The predicted molar refractivity (Wildman–Crippen MR) is 81.6 cm³/mol. The second-order valence-corrected chi connectivity index (χ2v) is 4.87. The smallest absolute Gasteiger partial charge is 0.323 e. The molecule has 116 valence electrons. The third kappa shape index (κ3) is 2.89. The molecule has 0 amide bonds. The van der Waals surface area contributed by atoms with E-state index in [1.165, 1.54) is 13.2 Å². The minimum atomic E-state index is -0.561. The highest BCUT2D eigenvalue weighted by molar-refractivity contribution is 5.82. The van der Waals surface area contributed by atoms with Crippen molar-refractivity contribution in [2.45, 2.75) is 13.5 Å². The Morgan fingerprint density at radius 3 is 2.83 bits per heavy atom. The number of ether oxygens (including phenoxy) is 1. The van der Waals surface area contributed by atoms with Crippen LogP contribution in [0.4, 0.5) is 5.69 Å². The molecule has 3 aromatic rings. The van der Waals surface area contributed by atoms with Crippen LogP contribution in [0.2, 0.25) is 0 Å². The summed E-state index contributed by atoms with van der Waals surface area (Å²) in [6, 6.07) is 10.9. The Kier molecular flexibility index (Phi) is 3.76. The molecule has 0 saturated heterocycles. The van der Waals surface area contributed by atoms with Crippen LogP contribution < -0.4 is 0 Å². The summed E-state index contributed by atoms with van der Waals surface area (Å²) in [6.45, 7) is 1.01. The summed E-state index contributed by atoms with van der Waals surface area (Å²) >= 11 is 0. The van der Waals surface area contributed by atoms with Crippen molar-refractivity contribution in [1.82, 2.24) is 4.98 Å². The Bertz CT molecular complexity index is 900. The van der Waals surface area contributed by atoms with Crippen LogP contribution in [-0.2, 0) is 16.1 Å². The summed E-state index contributed by atoms with van der Waals surface area (Å²) in [4.78, 5) is 26.1. The van der Waals surface area contributed by atoms with Crippen LogP contribution in [0.3, 0.4) is 0 Å². The number of nitrogens with zero attached hydrogens (tertiary/aromatic N) is 2. The number of aromatic nitrogens is 1. The molecular formula is C16H12N2O5. The van der Waals surface area contributed by atoms with Gasteiger partial charge in [-0.3, -0.25) is 14.9 Å². The van der Waals surface area contributed by atoms with Crippen LogP contribution in [-0.4, -0.2) is 15.9 Å². The van der Waals surface area contributed by atoms with Crippen molar-refractivity contribution < 1.29 is 18.9 Å². The Morgan fingerprint density at radius 1 is 1.30 bits per heavy atom. The first-order valence-electron chi connectivity index (χ1n) is 6.80. The number of carbonyl (C=O) groups excluding carboxylic acids is 1. The topological polar surface area (TPSA) is 95.5 Å². The van der Waals surface area contributed by atoms with Crippen molar-refractivity contribution in [1.29, 1.82) is 0 Å². The van der Waals surface area contributed by atoms with Gasteiger partial charge >= 0.3 is 11.7 Å². The molecule has 0 saturated carbocycles. The zero-order valence-electron chi connectivity index (χ0n) is 12.2. The molecule has 7 heteroatoms. The van der Waals surface area contributed by atoms with E-state index in [0.29, 0.717) is 11.2 Å². The molecule has 23 heavy (non-hydrogen) atoms. The largest absolute Gasteiger partial charge is 0.461 e. The van der Waals surface area contributed by atoms with E-state index in [1.807, 2.05) is 30.3 Å². The van der Waals surface area contributed by atoms with Crippen LogP contribution in [0.5, 0.6) is 0 Å². The predicted octanol–water partition coefficient (Wildman–Crippen LogP) is 3.47. The fourth-order valence-corrected chi connectivity index (χ4v) is 2.24. The summed E-state index contributed by atoms with van der Waals surface area (Å²) in [7, 11) is 0. The highest BCUT2D eigenvalue weighted by atomic mass is 16.6. The average Bonchev–Trinajstić information content (AvgIpc) is 2.96. The van der Waals surface area contributed by atoms with E-state index in [1.54, 1.807) is 6.07 Å². The maximum atomic E-state index is 11.4. The van der Waals surface area contributed by atoms with Gasteiger partial charge in [0.25, 0.3) is 0 Å². The zero-order valence-corrected chi connectivity index (χ0v) is 12.2. The monoisotopic (exact) mass is 312 g/mol. The van der Waals surface area contributed by atoms with E-state index < -0.39 is 10.9 Å². The van der Waals surface area contributed by atoms with Crippen LogP contribution in [0, 0.1) is 10.1 Å². The Labute approximate surface area is 130 Å². The van der Waals surface area contributed by atoms with Crippen molar-refractivity contribution in [3.05, 3.63) is 58.3 Å². The van der Waals surface area contributed by atoms with Gasteiger partial charge in [-0.25, -0.2) is 4.98 Å². The molecule has 0 aliphatic rings. The number of hydrogen-bond acceptors (Lipinski definition) is 6. The van der Waals surface area contributed by atoms with Gasteiger partial charge in [0.1, 0.15) is 24.1 Å². The molecule has 0 aliphatic carbocycles. The van der Waals surface area contributed by atoms with Gasteiger partial charge < -0.3 is 9.15 Å². The first kappa shape index (κ1) is 14.7. The fourth-order valence-electron chi connectivity index (χ4n) is 2.24. The van der Waals surface area contributed by atoms with Crippen molar-refractivity contribution in [2.75, 3.05) is 0 Å². The van der Waals surface area contributed by atoms with Gasteiger partial charge in [-0.05, 0) is 12.1 Å². The first-order valence-corrected chi connectivity index (χ1v) is 6.80. The minimum Gasteiger partial charge on any atom is -0.461 e. The molecule has 1 aromatic carbocycles. The highest BCUT2D eigenvalue weighted by Crippen LogP contribution is 2.35. The zero-order chi connectivity index (χ0) is 16.4. The standard InChI is InChI=1S/C16H12N2O5/c1-10(19)22-8-12-9-23-16(15(12)18(20)21)14-7-6-11-4-2-3-5-13(11)17-14/h2-7,9H,8H2,1H3. The van der Waals surface area contributed by atoms with E-state index in [-0.39, 0.29) is 23.6 Å². The van der Waals surface area contributed by atoms with E-state index in [2.05, 4.69) is 4.98 Å².